The lowest BCUT2D eigenvalue weighted by Crippen LogP contribution is -2.39. The molecule has 1 aromatic carbocycles. The van der Waals surface area contributed by atoms with Crippen molar-refractivity contribution in [3.8, 4) is 0 Å². The largest absolute Gasteiger partial charge is 0.356 e. The van der Waals surface area contributed by atoms with Gasteiger partial charge in [-0.2, -0.15) is 0 Å². The predicted molar refractivity (Wildman–Crippen MR) is 104 cm³/mol. The van der Waals surface area contributed by atoms with Gasteiger partial charge in [-0.1, -0.05) is 43.6 Å². The van der Waals surface area contributed by atoms with Crippen molar-refractivity contribution in [2.45, 2.75) is 32.6 Å². The highest BCUT2D eigenvalue weighted by molar-refractivity contribution is 7.09. The van der Waals surface area contributed by atoms with E-state index < -0.39 is 0 Å². The fraction of sp³-hybridized carbons (Fsp3) is 0.444. The molecule has 0 unspecified atom stereocenters. The lowest BCUT2D eigenvalue weighted by Gasteiger charge is -2.12. The van der Waals surface area contributed by atoms with Crippen molar-refractivity contribution < 1.29 is 0 Å². The monoisotopic (exact) mass is 364 g/mol. The van der Waals surface area contributed by atoms with Crippen molar-refractivity contribution in [3.63, 3.8) is 0 Å². The van der Waals surface area contributed by atoms with E-state index in [1.165, 1.54) is 5.01 Å². The van der Waals surface area contributed by atoms with E-state index in [4.69, 9.17) is 11.6 Å². The zero-order valence-electron chi connectivity index (χ0n) is 14.5. The first kappa shape index (κ1) is 18.7. The minimum absolute atomic E-state index is 0.496. The number of nitrogens with one attached hydrogen (secondary N) is 2. The van der Waals surface area contributed by atoms with Crippen molar-refractivity contribution in [1.82, 2.24) is 15.6 Å². The van der Waals surface area contributed by atoms with Crippen LogP contribution in [0.2, 0.25) is 5.02 Å². The minimum Gasteiger partial charge on any atom is -0.356 e. The number of hydrogen-bond acceptors (Lipinski definition) is 3. The van der Waals surface area contributed by atoms with E-state index in [1.54, 1.807) is 18.4 Å². The van der Waals surface area contributed by atoms with Crippen LogP contribution in [0, 0.1) is 0 Å². The molecule has 0 fully saturated rings. The van der Waals surface area contributed by atoms with Gasteiger partial charge < -0.3 is 10.6 Å². The molecule has 0 aliphatic heterocycles. The molecule has 2 aromatic rings. The Hall–Kier alpha value is -1.59. The van der Waals surface area contributed by atoms with E-state index in [-0.39, 0.29) is 0 Å². The highest BCUT2D eigenvalue weighted by Crippen LogP contribution is 2.19. The van der Waals surface area contributed by atoms with Crippen LogP contribution in [0.15, 0.2) is 34.6 Å². The van der Waals surface area contributed by atoms with E-state index >= 15 is 0 Å². The molecular formula is C18H25ClN4S. The molecule has 0 saturated heterocycles. The number of benzene rings is 1. The summed E-state index contributed by atoms with van der Waals surface area (Å²) >= 11 is 7.91. The van der Waals surface area contributed by atoms with Crippen LogP contribution in [-0.4, -0.2) is 31.1 Å². The third kappa shape index (κ3) is 5.80. The number of rotatable bonds is 7. The van der Waals surface area contributed by atoms with Crippen molar-refractivity contribution >= 4 is 28.9 Å². The summed E-state index contributed by atoms with van der Waals surface area (Å²) in [5.41, 5.74) is 2.29. The van der Waals surface area contributed by atoms with E-state index in [0.29, 0.717) is 5.92 Å². The lowest BCUT2D eigenvalue weighted by atomic mass is 10.1. The summed E-state index contributed by atoms with van der Waals surface area (Å²) in [5, 5.41) is 10.8. The van der Waals surface area contributed by atoms with Crippen molar-refractivity contribution in [2.75, 3.05) is 20.1 Å². The molecule has 2 rings (SSSR count). The maximum atomic E-state index is 6.17. The van der Waals surface area contributed by atoms with E-state index in [1.807, 2.05) is 18.2 Å². The number of guanidine groups is 1. The summed E-state index contributed by atoms with van der Waals surface area (Å²) in [6.07, 6.45) is 1.76. The molecule has 0 saturated carbocycles. The van der Waals surface area contributed by atoms with Gasteiger partial charge in [-0.3, -0.25) is 4.99 Å². The van der Waals surface area contributed by atoms with Gasteiger partial charge in [-0.15, -0.1) is 11.3 Å². The van der Waals surface area contributed by atoms with E-state index in [0.717, 1.165) is 48.2 Å². The van der Waals surface area contributed by atoms with Crippen molar-refractivity contribution in [2.24, 2.45) is 4.99 Å². The molecular weight excluding hydrogens is 340 g/mol. The predicted octanol–water partition coefficient (Wildman–Crippen LogP) is 3.87. The van der Waals surface area contributed by atoms with Gasteiger partial charge >= 0.3 is 0 Å². The van der Waals surface area contributed by atoms with Crippen molar-refractivity contribution in [1.29, 1.82) is 0 Å². The van der Waals surface area contributed by atoms with Gasteiger partial charge in [-0.05, 0) is 18.1 Å². The third-order valence-corrected chi connectivity index (χ3v) is 5.17. The third-order valence-electron chi connectivity index (χ3n) is 3.61. The Kier molecular flexibility index (Phi) is 7.53. The molecule has 0 spiro atoms. The van der Waals surface area contributed by atoms with Crippen LogP contribution in [0.25, 0.3) is 0 Å². The topological polar surface area (TPSA) is 49.3 Å². The first-order chi connectivity index (χ1) is 11.6. The average molecular weight is 365 g/mol. The van der Waals surface area contributed by atoms with Gasteiger partial charge in [0.05, 0.1) is 10.7 Å². The molecule has 1 aromatic heterocycles. The Morgan fingerprint density at radius 2 is 1.92 bits per heavy atom. The Morgan fingerprint density at radius 3 is 2.54 bits per heavy atom. The van der Waals surface area contributed by atoms with Crippen LogP contribution in [0.5, 0.6) is 0 Å². The highest BCUT2D eigenvalue weighted by atomic mass is 35.5. The second-order valence-electron chi connectivity index (χ2n) is 5.85. The van der Waals surface area contributed by atoms with Crippen LogP contribution in [-0.2, 0) is 12.8 Å². The molecule has 1 heterocycles. The molecule has 0 atom stereocenters. The smallest absolute Gasteiger partial charge is 0.190 e. The normalized spacial score (nSPS) is 11.8. The quantitative estimate of drug-likeness (QED) is 0.579. The number of nitrogens with zero attached hydrogens (tertiary/aromatic N) is 2. The molecule has 4 nitrogen and oxygen atoms in total. The Balaban J connectivity index is 1.71. The Bertz CT molecular complexity index is 667. The molecule has 0 radical (unpaired) electrons. The van der Waals surface area contributed by atoms with Crippen LogP contribution < -0.4 is 10.6 Å². The molecule has 0 amide bonds. The molecule has 130 valence electrons. The number of thiazole rings is 1. The highest BCUT2D eigenvalue weighted by Gasteiger charge is 2.06. The molecule has 0 bridgehead atoms. The molecule has 2 N–H and O–H groups in total. The van der Waals surface area contributed by atoms with Gasteiger partial charge in [0.25, 0.3) is 0 Å². The summed E-state index contributed by atoms with van der Waals surface area (Å²) in [6.45, 7) is 5.95. The summed E-state index contributed by atoms with van der Waals surface area (Å²) in [7, 11) is 1.78. The average Bonchev–Trinajstić information content (AvgIpc) is 3.04. The second-order valence-corrected chi connectivity index (χ2v) is 7.15. The van der Waals surface area contributed by atoms with Gasteiger partial charge in [0.2, 0.25) is 0 Å². The first-order valence-electron chi connectivity index (χ1n) is 8.22. The molecule has 6 heteroatoms. The number of halogens is 1. The number of aliphatic imine (C=N–C) groups is 1. The molecule has 0 aliphatic carbocycles. The van der Waals surface area contributed by atoms with E-state index in [2.05, 4.69) is 45.9 Å². The van der Waals surface area contributed by atoms with Gasteiger partial charge in [0.1, 0.15) is 0 Å². The van der Waals surface area contributed by atoms with Crippen molar-refractivity contribution in [3.05, 3.63) is 50.9 Å². The molecule has 0 aliphatic rings. The summed E-state index contributed by atoms with van der Waals surface area (Å²) in [5.74, 6) is 1.30. The van der Waals surface area contributed by atoms with Crippen LogP contribution >= 0.6 is 22.9 Å². The second kappa shape index (κ2) is 9.64. The van der Waals surface area contributed by atoms with Gasteiger partial charge in [0, 0.05) is 42.9 Å². The standard InChI is InChI=1S/C18H25ClN4S/c1-13(2)17-23-15(12-24-17)9-11-22-18(20-3)21-10-8-14-6-4-5-7-16(14)19/h4-7,12-13H,8-11H2,1-3H3,(H2,20,21,22). The zero-order valence-corrected chi connectivity index (χ0v) is 16.0. The van der Waals surface area contributed by atoms with E-state index in [9.17, 15) is 0 Å². The number of aromatic nitrogens is 1. The van der Waals surface area contributed by atoms with Gasteiger partial charge in [-0.25, -0.2) is 4.98 Å². The van der Waals surface area contributed by atoms with Crippen LogP contribution in [0.1, 0.15) is 36.0 Å². The van der Waals surface area contributed by atoms with Crippen LogP contribution in [0.4, 0.5) is 0 Å². The number of hydrogen-bond donors (Lipinski definition) is 2. The maximum Gasteiger partial charge on any atom is 0.190 e. The lowest BCUT2D eigenvalue weighted by molar-refractivity contribution is 0.771. The fourth-order valence-corrected chi connectivity index (χ4v) is 3.35. The summed E-state index contributed by atoms with van der Waals surface area (Å²) in [4.78, 5) is 8.90. The zero-order chi connectivity index (χ0) is 17.4. The van der Waals surface area contributed by atoms with Gasteiger partial charge in [0.15, 0.2) is 5.96 Å². The minimum atomic E-state index is 0.496. The Labute approximate surface area is 153 Å². The fourth-order valence-electron chi connectivity index (χ4n) is 2.25. The Morgan fingerprint density at radius 1 is 1.21 bits per heavy atom. The summed E-state index contributed by atoms with van der Waals surface area (Å²) < 4.78 is 0. The molecule has 24 heavy (non-hydrogen) atoms. The SMILES string of the molecule is CN=C(NCCc1csc(C(C)C)n1)NCCc1ccccc1Cl. The maximum absolute atomic E-state index is 6.17. The summed E-state index contributed by atoms with van der Waals surface area (Å²) in [6, 6.07) is 7.93. The first-order valence-corrected chi connectivity index (χ1v) is 9.48. The van der Waals surface area contributed by atoms with Crippen LogP contribution in [0.3, 0.4) is 0 Å².